The third-order valence-electron chi connectivity index (χ3n) is 3.64. The number of nitro groups is 1. The standard InChI is InChI=1S/C17H14F4N2O4/c1-2-6-10-13(18)11(16(22)24)12(17(19,20)21)14(23(25)26)15(10)27-9-7-4-3-5-8-9/h3-5,7-8H,2,6H2,1H3,(H2,22,24). The van der Waals surface area contributed by atoms with Crippen LogP contribution in [-0.4, -0.2) is 10.8 Å². The molecule has 0 aromatic heterocycles. The summed E-state index contributed by atoms with van der Waals surface area (Å²) in [7, 11) is 0. The van der Waals surface area contributed by atoms with Gasteiger partial charge in [0.25, 0.3) is 5.91 Å². The maximum atomic E-state index is 14.8. The molecule has 2 aromatic carbocycles. The molecule has 27 heavy (non-hydrogen) atoms. The minimum Gasteiger partial charge on any atom is -0.450 e. The molecule has 0 saturated carbocycles. The fourth-order valence-corrected chi connectivity index (χ4v) is 2.61. The van der Waals surface area contributed by atoms with Crippen molar-refractivity contribution in [2.45, 2.75) is 25.9 Å². The van der Waals surface area contributed by atoms with Gasteiger partial charge in [0.05, 0.1) is 10.5 Å². The van der Waals surface area contributed by atoms with Crippen LogP contribution in [0.4, 0.5) is 23.2 Å². The van der Waals surface area contributed by atoms with Gasteiger partial charge in [-0.1, -0.05) is 31.5 Å². The Morgan fingerprint density at radius 3 is 2.30 bits per heavy atom. The van der Waals surface area contributed by atoms with E-state index in [1.165, 1.54) is 24.3 Å². The second kappa shape index (κ2) is 7.60. The molecule has 10 heteroatoms. The molecule has 0 spiro atoms. The number of halogens is 4. The van der Waals surface area contributed by atoms with Crippen LogP contribution in [0, 0.1) is 15.9 Å². The molecule has 0 aliphatic heterocycles. The van der Waals surface area contributed by atoms with Gasteiger partial charge >= 0.3 is 11.9 Å². The number of carbonyl (C=O) groups is 1. The van der Waals surface area contributed by atoms with Gasteiger partial charge in [0.2, 0.25) is 5.75 Å². The fourth-order valence-electron chi connectivity index (χ4n) is 2.61. The molecule has 6 nitrogen and oxygen atoms in total. The predicted octanol–water partition coefficient (Wildman–Crippen LogP) is 4.60. The number of primary amides is 1. The second-order valence-corrected chi connectivity index (χ2v) is 5.50. The van der Waals surface area contributed by atoms with Crippen molar-refractivity contribution in [2.24, 2.45) is 5.73 Å². The van der Waals surface area contributed by atoms with Gasteiger partial charge in [-0.2, -0.15) is 13.2 Å². The minimum atomic E-state index is -5.41. The molecule has 2 aromatic rings. The summed E-state index contributed by atoms with van der Waals surface area (Å²) in [4.78, 5) is 21.6. The van der Waals surface area contributed by atoms with Crippen molar-refractivity contribution in [3.8, 4) is 11.5 Å². The molecule has 0 bridgehead atoms. The van der Waals surface area contributed by atoms with Crippen LogP contribution in [0.15, 0.2) is 30.3 Å². The summed E-state index contributed by atoms with van der Waals surface area (Å²) in [5.41, 5.74) is -0.801. The quantitative estimate of drug-likeness (QED) is 0.446. The van der Waals surface area contributed by atoms with Crippen LogP contribution in [0.3, 0.4) is 0 Å². The summed E-state index contributed by atoms with van der Waals surface area (Å²) >= 11 is 0. The zero-order valence-electron chi connectivity index (χ0n) is 14.0. The Kier molecular flexibility index (Phi) is 5.67. The zero-order chi connectivity index (χ0) is 20.4. The maximum absolute atomic E-state index is 14.8. The van der Waals surface area contributed by atoms with Crippen molar-refractivity contribution in [1.29, 1.82) is 0 Å². The van der Waals surface area contributed by atoms with E-state index in [2.05, 4.69) is 0 Å². The molecule has 0 fully saturated rings. The number of amides is 1. The number of hydrogen-bond acceptors (Lipinski definition) is 4. The molecule has 0 radical (unpaired) electrons. The molecule has 2 rings (SSSR count). The number of para-hydroxylation sites is 1. The highest BCUT2D eigenvalue weighted by atomic mass is 19.4. The first kappa shape index (κ1) is 20.1. The van der Waals surface area contributed by atoms with E-state index in [4.69, 9.17) is 10.5 Å². The van der Waals surface area contributed by atoms with Crippen LogP contribution in [-0.2, 0) is 12.6 Å². The van der Waals surface area contributed by atoms with E-state index in [1.54, 1.807) is 13.0 Å². The van der Waals surface area contributed by atoms with Gasteiger partial charge in [-0.3, -0.25) is 14.9 Å². The Labute approximate surface area is 150 Å². The van der Waals surface area contributed by atoms with E-state index in [1.807, 2.05) is 0 Å². The van der Waals surface area contributed by atoms with Gasteiger partial charge in [-0.05, 0) is 18.6 Å². The third kappa shape index (κ3) is 3.99. The van der Waals surface area contributed by atoms with E-state index in [-0.39, 0.29) is 18.6 Å². The van der Waals surface area contributed by atoms with E-state index >= 15 is 0 Å². The fraction of sp³-hybridized carbons (Fsp3) is 0.235. The van der Waals surface area contributed by atoms with Crippen LogP contribution in [0.1, 0.15) is 34.8 Å². The lowest BCUT2D eigenvalue weighted by Gasteiger charge is -2.19. The van der Waals surface area contributed by atoms with E-state index < -0.39 is 51.0 Å². The molecule has 1 amide bonds. The topological polar surface area (TPSA) is 95.5 Å². The summed E-state index contributed by atoms with van der Waals surface area (Å²) < 4.78 is 60.6. The highest BCUT2D eigenvalue weighted by Gasteiger charge is 2.47. The first-order valence-electron chi connectivity index (χ1n) is 7.72. The van der Waals surface area contributed by atoms with Crippen LogP contribution in [0.25, 0.3) is 0 Å². The predicted molar refractivity (Wildman–Crippen MR) is 87.1 cm³/mol. The molecule has 0 aliphatic carbocycles. The second-order valence-electron chi connectivity index (χ2n) is 5.50. The molecule has 0 atom stereocenters. The lowest BCUT2D eigenvalue weighted by Crippen LogP contribution is -2.24. The Morgan fingerprint density at radius 2 is 1.85 bits per heavy atom. The van der Waals surface area contributed by atoms with E-state index in [0.717, 1.165) is 0 Å². The summed E-state index contributed by atoms with van der Waals surface area (Å²) in [6.07, 6.45) is -5.39. The average Bonchev–Trinajstić information content (AvgIpc) is 2.57. The highest BCUT2D eigenvalue weighted by Crippen LogP contribution is 2.48. The minimum absolute atomic E-state index is 0.0303. The summed E-state index contributed by atoms with van der Waals surface area (Å²) in [6, 6.07) is 7.24. The van der Waals surface area contributed by atoms with Gasteiger partial charge in [-0.25, -0.2) is 4.39 Å². The smallest absolute Gasteiger partial charge is 0.424 e. The molecule has 0 heterocycles. The number of nitrogens with zero attached hydrogens (tertiary/aromatic N) is 1. The van der Waals surface area contributed by atoms with Gasteiger partial charge < -0.3 is 10.5 Å². The number of rotatable bonds is 6. The normalized spacial score (nSPS) is 11.3. The number of nitro benzene ring substituents is 1. The van der Waals surface area contributed by atoms with Crippen molar-refractivity contribution in [1.82, 2.24) is 0 Å². The largest absolute Gasteiger partial charge is 0.450 e. The van der Waals surface area contributed by atoms with Gasteiger partial charge in [-0.15, -0.1) is 0 Å². The van der Waals surface area contributed by atoms with Gasteiger partial charge in [0, 0.05) is 5.56 Å². The number of benzene rings is 2. The van der Waals surface area contributed by atoms with Crippen molar-refractivity contribution >= 4 is 11.6 Å². The molecule has 0 saturated heterocycles. The Balaban J connectivity index is 2.96. The summed E-state index contributed by atoms with van der Waals surface area (Å²) in [5.74, 6) is -4.26. The monoisotopic (exact) mass is 386 g/mol. The van der Waals surface area contributed by atoms with Gasteiger partial charge in [0.1, 0.15) is 11.6 Å². The van der Waals surface area contributed by atoms with E-state index in [9.17, 15) is 32.5 Å². The molecule has 144 valence electrons. The average molecular weight is 386 g/mol. The lowest BCUT2D eigenvalue weighted by atomic mass is 9.95. The number of alkyl halides is 3. The molecule has 2 N–H and O–H groups in total. The number of ether oxygens (including phenoxy) is 1. The first-order chi connectivity index (χ1) is 12.6. The Bertz CT molecular complexity index is 883. The maximum Gasteiger partial charge on any atom is 0.424 e. The van der Waals surface area contributed by atoms with Gasteiger partial charge in [0.15, 0.2) is 5.56 Å². The molecular weight excluding hydrogens is 372 g/mol. The van der Waals surface area contributed by atoms with Crippen LogP contribution < -0.4 is 10.5 Å². The number of nitrogens with two attached hydrogens (primary N) is 1. The van der Waals surface area contributed by atoms with Crippen molar-refractivity contribution in [3.63, 3.8) is 0 Å². The lowest BCUT2D eigenvalue weighted by molar-refractivity contribution is -0.389. The first-order valence-corrected chi connectivity index (χ1v) is 7.72. The SMILES string of the molecule is CCCc1c(F)c(C(N)=O)c(C(F)(F)F)c([N+](=O)[O-])c1Oc1ccccc1. The van der Waals surface area contributed by atoms with Crippen LogP contribution in [0.2, 0.25) is 0 Å². The van der Waals surface area contributed by atoms with Crippen molar-refractivity contribution in [2.75, 3.05) is 0 Å². The van der Waals surface area contributed by atoms with Crippen molar-refractivity contribution < 1.29 is 32.0 Å². The van der Waals surface area contributed by atoms with Crippen LogP contribution >= 0.6 is 0 Å². The highest BCUT2D eigenvalue weighted by molar-refractivity contribution is 5.97. The Morgan fingerprint density at radius 1 is 1.26 bits per heavy atom. The molecular formula is C17H14F4N2O4. The third-order valence-corrected chi connectivity index (χ3v) is 3.64. The van der Waals surface area contributed by atoms with E-state index in [0.29, 0.717) is 0 Å². The summed E-state index contributed by atoms with van der Waals surface area (Å²) in [6.45, 7) is 1.58. The van der Waals surface area contributed by atoms with Crippen molar-refractivity contribution in [3.05, 3.63) is 63.0 Å². The number of carbonyl (C=O) groups excluding carboxylic acids is 1. The zero-order valence-corrected chi connectivity index (χ0v) is 14.0. The molecule has 0 aliphatic rings. The number of hydrogen-bond donors (Lipinski definition) is 1. The van der Waals surface area contributed by atoms with Crippen LogP contribution in [0.5, 0.6) is 11.5 Å². The Hall–Kier alpha value is -3.17. The summed E-state index contributed by atoms with van der Waals surface area (Å²) in [5, 5.41) is 11.5. The molecule has 0 unspecified atom stereocenters.